The molecule has 3 amide bonds. The first-order chi connectivity index (χ1) is 11.5. The third kappa shape index (κ3) is 4.01. The van der Waals surface area contributed by atoms with Crippen LogP contribution in [0.25, 0.3) is 0 Å². The second-order valence-corrected chi connectivity index (χ2v) is 7.30. The molecule has 1 aromatic carbocycles. The van der Waals surface area contributed by atoms with Crippen LogP contribution in [0.3, 0.4) is 0 Å². The Morgan fingerprint density at radius 2 is 1.88 bits per heavy atom. The monoisotopic (exact) mass is 349 g/mol. The molecular weight excluding hydrogens is 326 g/mol. The quantitative estimate of drug-likeness (QED) is 0.879. The van der Waals surface area contributed by atoms with Crippen LogP contribution in [0.2, 0.25) is 5.02 Å². The maximum Gasteiger partial charge on any atom is 0.315 e. The summed E-state index contributed by atoms with van der Waals surface area (Å²) >= 11 is 5.89. The Kier molecular flexibility index (Phi) is 5.29. The number of urea groups is 1. The first kappa shape index (κ1) is 17.1. The van der Waals surface area contributed by atoms with E-state index in [4.69, 9.17) is 11.6 Å². The third-order valence-corrected chi connectivity index (χ3v) is 5.28. The summed E-state index contributed by atoms with van der Waals surface area (Å²) in [5.41, 5.74) is 0.815. The Hall–Kier alpha value is -1.75. The van der Waals surface area contributed by atoms with Gasteiger partial charge in [0.05, 0.1) is 6.04 Å². The summed E-state index contributed by atoms with van der Waals surface area (Å²) in [6, 6.07) is 7.10. The molecule has 1 saturated carbocycles. The third-order valence-electron chi connectivity index (χ3n) is 5.03. The van der Waals surface area contributed by atoms with Crippen molar-refractivity contribution < 1.29 is 9.59 Å². The van der Waals surface area contributed by atoms with E-state index in [0.717, 1.165) is 18.5 Å². The molecule has 1 heterocycles. The molecule has 130 valence electrons. The molecule has 3 rings (SSSR count). The van der Waals surface area contributed by atoms with Gasteiger partial charge in [-0.05, 0) is 43.0 Å². The molecule has 0 radical (unpaired) electrons. The zero-order valence-electron chi connectivity index (χ0n) is 13.9. The predicted molar refractivity (Wildman–Crippen MR) is 95.3 cm³/mol. The Morgan fingerprint density at radius 3 is 2.58 bits per heavy atom. The Labute approximate surface area is 147 Å². The fourth-order valence-corrected chi connectivity index (χ4v) is 3.73. The summed E-state index contributed by atoms with van der Waals surface area (Å²) in [5.74, 6) is 0.536. The van der Waals surface area contributed by atoms with Crippen molar-refractivity contribution in [1.29, 1.82) is 0 Å². The van der Waals surface area contributed by atoms with E-state index in [2.05, 4.69) is 17.6 Å². The molecular formula is C18H24ClN3O2. The molecule has 0 spiro atoms. The lowest BCUT2D eigenvalue weighted by molar-refractivity contribution is -0.117. The van der Waals surface area contributed by atoms with E-state index in [-0.39, 0.29) is 24.0 Å². The van der Waals surface area contributed by atoms with Crippen LogP contribution in [-0.2, 0) is 4.79 Å². The number of rotatable bonds is 3. The lowest BCUT2D eigenvalue weighted by atomic mass is 9.86. The number of nitrogens with zero attached hydrogens (tertiary/aromatic N) is 1. The molecule has 0 bridgehead atoms. The SMILES string of the molecule is C[C@H]1CCCC[C@@H]1NC(=O)N[C@@H]1CC(=O)N(c2ccc(Cl)cc2)C1. The van der Waals surface area contributed by atoms with Gasteiger partial charge in [0, 0.05) is 29.7 Å². The Bertz CT molecular complexity index is 605. The van der Waals surface area contributed by atoms with Gasteiger partial charge >= 0.3 is 6.03 Å². The van der Waals surface area contributed by atoms with Gasteiger partial charge in [0.2, 0.25) is 5.91 Å². The van der Waals surface area contributed by atoms with E-state index in [0.29, 0.717) is 23.9 Å². The van der Waals surface area contributed by atoms with Gasteiger partial charge in [-0.1, -0.05) is 31.4 Å². The molecule has 1 aliphatic heterocycles. The molecule has 1 saturated heterocycles. The largest absolute Gasteiger partial charge is 0.335 e. The second kappa shape index (κ2) is 7.43. The van der Waals surface area contributed by atoms with Crippen molar-refractivity contribution >= 4 is 29.2 Å². The fourth-order valence-electron chi connectivity index (χ4n) is 3.60. The van der Waals surface area contributed by atoms with Gasteiger partial charge in [0.25, 0.3) is 0 Å². The minimum atomic E-state index is -0.162. The summed E-state index contributed by atoms with van der Waals surface area (Å²) in [4.78, 5) is 26.2. The molecule has 3 atom stereocenters. The van der Waals surface area contributed by atoms with Crippen molar-refractivity contribution in [1.82, 2.24) is 10.6 Å². The number of carbonyl (C=O) groups is 2. The van der Waals surface area contributed by atoms with Crippen LogP contribution in [0.4, 0.5) is 10.5 Å². The van der Waals surface area contributed by atoms with E-state index >= 15 is 0 Å². The van der Waals surface area contributed by atoms with Gasteiger partial charge in [-0.2, -0.15) is 0 Å². The summed E-state index contributed by atoms with van der Waals surface area (Å²) in [6.45, 7) is 2.68. The molecule has 2 N–H and O–H groups in total. The highest BCUT2D eigenvalue weighted by molar-refractivity contribution is 6.30. The number of nitrogens with one attached hydrogen (secondary N) is 2. The Balaban J connectivity index is 1.54. The van der Waals surface area contributed by atoms with Crippen LogP contribution < -0.4 is 15.5 Å². The van der Waals surface area contributed by atoms with Crippen molar-refractivity contribution in [2.24, 2.45) is 5.92 Å². The van der Waals surface area contributed by atoms with Crippen molar-refractivity contribution in [3.8, 4) is 0 Å². The van der Waals surface area contributed by atoms with E-state index in [9.17, 15) is 9.59 Å². The number of benzene rings is 1. The lowest BCUT2D eigenvalue weighted by Crippen LogP contribution is -2.49. The highest BCUT2D eigenvalue weighted by atomic mass is 35.5. The normalized spacial score (nSPS) is 27.2. The molecule has 6 heteroatoms. The molecule has 1 aromatic rings. The van der Waals surface area contributed by atoms with E-state index in [1.54, 1.807) is 17.0 Å². The maximum absolute atomic E-state index is 12.2. The summed E-state index contributed by atoms with van der Waals surface area (Å²) in [7, 11) is 0. The molecule has 24 heavy (non-hydrogen) atoms. The van der Waals surface area contributed by atoms with Crippen LogP contribution in [0.15, 0.2) is 24.3 Å². The average molecular weight is 350 g/mol. The van der Waals surface area contributed by atoms with Crippen molar-refractivity contribution in [2.45, 2.75) is 51.1 Å². The molecule has 0 aromatic heterocycles. The van der Waals surface area contributed by atoms with Crippen LogP contribution in [0, 0.1) is 5.92 Å². The van der Waals surface area contributed by atoms with E-state index in [1.807, 2.05) is 12.1 Å². The minimum Gasteiger partial charge on any atom is -0.335 e. The number of hydrogen-bond donors (Lipinski definition) is 2. The van der Waals surface area contributed by atoms with Gasteiger partial charge in [0.15, 0.2) is 0 Å². The van der Waals surface area contributed by atoms with Crippen molar-refractivity contribution in [2.75, 3.05) is 11.4 Å². The van der Waals surface area contributed by atoms with Crippen LogP contribution in [0.1, 0.15) is 39.0 Å². The van der Waals surface area contributed by atoms with Gasteiger partial charge in [-0.3, -0.25) is 4.79 Å². The number of halogens is 1. The second-order valence-electron chi connectivity index (χ2n) is 6.87. The first-order valence-electron chi connectivity index (χ1n) is 8.66. The van der Waals surface area contributed by atoms with Crippen molar-refractivity contribution in [3.05, 3.63) is 29.3 Å². The van der Waals surface area contributed by atoms with Gasteiger partial charge in [-0.25, -0.2) is 4.79 Å². The molecule has 5 nitrogen and oxygen atoms in total. The van der Waals surface area contributed by atoms with E-state index in [1.165, 1.54) is 12.8 Å². The highest BCUT2D eigenvalue weighted by Gasteiger charge is 2.32. The maximum atomic E-state index is 12.2. The van der Waals surface area contributed by atoms with E-state index < -0.39 is 0 Å². The molecule has 2 fully saturated rings. The molecule has 0 unspecified atom stereocenters. The Morgan fingerprint density at radius 1 is 1.17 bits per heavy atom. The van der Waals surface area contributed by atoms with Gasteiger partial charge in [-0.15, -0.1) is 0 Å². The fraction of sp³-hybridized carbons (Fsp3) is 0.556. The topological polar surface area (TPSA) is 61.4 Å². The number of amides is 3. The highest BCUT2D eigenvalue weighted by Crippen LogP contribution is 2.25. The van der Waals surface area contributed by atoms with Gasteiger partial charge in [0.1, 0.15) is 0 Å². The molecule has 2 aliphatic rings. The summed E-state index contributed by atoms with van der Waals surface area (Å²) in [6.07, 6.45) is 4.94. The summed E-state index contributed by atoms with van der Waals surface area (Å²) < 4.78 is 0. The lowest BCUT2D eigenvalue weighted by Gasteiger charge is -2.30. The summed E-state index contributed by atoms with van der Waals surface area (Å²) in [5, 5.41) is 6.66. The smallest absolute Gasteiger partial charge is 0.315 e. The zero-order chi connectivity index (χ0) is 17.1. The number of carbonyl (C=O) groups excluding carboxylic acids is 2. The van der Waals surface area contributed by atoms with Gasteiger partial charge < -0.3 is 15.5 Å². The first-order valence-corrected chi connectivity index (χ1v) is 9.03. The zero-order valence-corrected chi connectivity index (χ0v) is 14.7. The number of hydrogen-bond acceptors (Lipinski definition) is 2. The van der Waals surface area contributed by atoms with Crippen LogP contribution in [-0.4, -0.2) is 30.6 Å². The minimum absolute atomic E-state index is 0.0219. The van der Waals surface area contributed by atoms with Crippen LogP contribution >= 0.6 is 11.6 Å². The van der Waals surface area contributed by atoms with Crippen LogP contribution in [0.5, 0.6) is 0 Å². The number of anilines is 1. The predicted octanol–water partition coefficient (Wildman–Crippen LogP) is 3.32. The average Bonchev–Trinajstić information content (AvgIpc) is 2.90. The standard InChI is InChI=1S/C18H24ClN3O2/c1-12-4-2-3-5-16(12)21-18(24)20-14-10-17(23)22(11-14)15-8-6-13(19)7-9-15/h6-9,12,14,16H,2-5,10-11H2,1H3,(H2,20,21,24)/t12-,14+,16-/m0/s1. The molecule has 1 aliphatic carbocycles. The van der Waals surface area contributed by atoms with Crippen molar-refractivity contribution in [3.63, 3.8) is 0 Å².